The summed E-state index contributed by atoms with van der Waals surface area (Å²) in [6, 6.07) is 12.7. The normalized spacial score (nSPS) is 10.8. The Morgan fingerprint density at radius 2 is 1.80 bits per heavy atom. The molecule has 0 saturated heterocycles. The topological polar surface area (TPSA) is 12.9 Å². The minimum Gasteiger partial charge on any atom is -0.236 e. The molecule has 100 valence electrons. The van der Waals surface area contributed by atoms with Crippen molar-refractivity contribution in [3.05, 3.63) is 62.6 Å². The van der Waals surface area contributed by atoms with E-state index in [2.05, 4.69) is 36.8 Å². The van der Waals surface area contributed by atoms with Crippen molar-refractivity contribution in [2.24, 2.45) is 0 Å². The monoisotopic (exact) mass is 411 g/mol. The van der Waals surface area contributed by atoms with Crippen molar-refractivity contribution < 1.29 is 4.39 Å². The number of benzene rings is 2. The molecule has 1 heterocycles. The van der Waals surface area contributed by atoms with Gasteiger partial charge in [-0.25, -0.2) is 9.37 Å². The average molecular weight is 413 g/mol. The number of hydrogen-bond donors (Lipinski definition) is 0. The summed E-state index contributed by atoms with van der Waals surface area (Å²) in [5.41, 5.74) is 2.17. The maximum Gasteiger partial charge on any atom is 0.132 e. The van der Waals surface area contributed by atoms with Crippen molar-refractivity contribution in [1.29, 1.82) is 0 Å². The molecule has 0 aliphatic heterocycles. The number of rotatable bonds is 2. The van der Waals surface area contributed by atoms with Crippen LogP contribution in [-0.2, 0) is 0 Å². The maximum absolute atomic E-state index is 13.9. The fourth-order valence-electron chi connectivity index (χ4n) is 1.85. The summed E-state index contributed by atoms with van der Waals surface area (Å²) in [7, 11) is 0. The van der Waals surface area contributed by atoms with E-state index in [0.717, 1.165) is 19.5 Å². The Kier molecular flexibility index (Phi) is 4.01. The van der Waals surface area contributed by atoms with E-state index < -0.39 is 0 Å². The van der Waals surface area contributed by atoms with Gasteiger partial charge in [-0.15, -0.1) is 11.3 Å². The highest BCUT2D eigenvalue weighted by atomic mass is 79.9. The smallest absolute Gasteiger partial charge is 0.132 e. The van der Waals surface area contributed by atoms with Gasteiger partial charge in [0.25, 0.3) is 0 Å². The molecular weight excluding hydrogens is 405 g/mol. The van der Waals surface area contributed by atoms with Crippen LogP contribution in [0.25, 0.3) is 21.8 Å². The summed E-state index contributed by atoms with van der Waals surface area (Å²) in [6.07, 6.45) is 0. The van der Waals surface area contributed by atoms with E-state index >= 15 is 0 Å². The van der Waals surface area contributed by atoms with Gasteiger partial charge in [0.15, 0.2) is 0 Å². The van der Waals surface area contributed by atoms with Crippen LogP contribution in [0, 0.1) is 5.82 Å². The predicted octanol–water partition coefficient (Wildman–Crippen LogP) is 6.14. The predicted molar refractivity (Wildman–Crippen MR) is 88.3 cm³/mol. The van der Waals surface area contributed by atoms with Crippen LogP contribution in [0.3, 0.4) is 0 Å². The number of nitrogens with zero attached hydrogens (tertiary/aromatic N) is 1. The molecule has 0 atom stereocenters. The number of thiazole rings is 1. The average Bonchev–Trinajstić information content (AvgIpc) is 2.91. The second-order valence-corrected chi connectivity index (χ2v) is 6.77. The highest BCUT2D eigenvalue weighted by Gasteiger charge is 2.12. The lowest BCUT2D eigenvalue weighted by atomic mass is 10.1. The zero-order valence-corrected chi connectivity index (χ0v) is 14.1. The molecule has 20 heavy (non-hydrogen) atoms. The number of halogens is 3. The number of aromatic nitrogens is 1. The van der Waals surface area contributed by atoms with Crippen molar-refractivity contribution in [2.75, 3.05) is 0 Å². The first kappa shape index (κ1) is 13.9. The summed E-state index contributed by atoms with van der Waals surface area (Å²) < 4.78 is 15.7. The molecule has 5 heteroatoms. The molecule has 3 aromatic rings. The molecule has 0 aliphatic carbocycles. The third-order valence-electron chi connectivity index (χ3n) is 2.81. The van der Waals surface area contributed by atoms with Gasteiger partial charge in [-0.05, 0) is 24.3 Å². The molecule has 0 N–H and O–H groups in total. The number of hydrogen-bond acceptors (Lipinski definition) is 2. The fraction of sp³-hybridized carbons (Fsp3) is 0. The fourth-order valence-corrected chi connectivity index (χ4v) is 3.67. The third kappa shape index (κ3) is 2.71. The highest BCUT2D eigenvalue weighted by molar-refractivity contribution is 9.10. The molecule has 3 rings (SSSR count). The van der Waals surface area contributed by atoms with Crippen LogP contribution in [0.15, 0.2) is 56.8 Å². The van der Waals surface area contributed by atoms with Crippen LogP contribution in [0.4, 0.5) is 4.39 Å². The van der Waals surface area contributed by atoms with Gasteiger partial charge in [-0.3, -0.25) is 0 Å². The standard InChI is InChI=1S/C15H8Br2FNS/c16-9-5-6-13(18)11(7-9)14-8-20-15(19-14)10-3-1-2-4-12(10)17/h1-8H. The lowest BCUT2D eigenvalue weighted by Gasteiger charge is -2.01. The van der Waals surface area contributed by atoms with Gasteiger partial charge in [-0.2, -0.15) is 0 Å². The molecule has 0 radical (unpaired) electrons. The van der Waals surface area contributed by atoms with Crippen LogP contribution < -0.4 is 0 Å². The Morgan fingerprint density at radius 3 is 2.60 bits per heavy atom. The molecule has 0 spiro atoms. The van der Waals surface area contributed by atoms with Gasteiger partial charge >= 0.3 is 0 Å². The highest BCUT2D eigenvalue weighted by Crippen LogP contribution is 2.34. The van der Waals surface area contributed by atoms with Crippen LogP contribution in [0.5, 0.6) is 0 Å². The first-order chi connectivity index (χ1) is 9.65. The molecule has 1 aromatic heterocycles. The zero-order valence-electron chi connectivity index (χ0n) is 10.1. The van der Waals surface area contributed by atoms with Gasteiger partial charge in [0.2, 0.25) is 0 Å². The molecule has 1 nitrogen and oxygen atoms in total. The minimum atomic E-state index is -0.267. The summed E-state index contributed by atoms with van der Waals surface area (Å²) in [5.74, 6) is -0.267. The van der Waals surface area contributed by atoms with Gasteiger partial charge in [-0.1, -0.05) is 50.1 Å². The Balaban J connectivity index is 2.07. The molecule has 0 aliphatic rings. The van der Waals surface area contributed by atoms with Gasteiger partial charge in [0.05, 0.1) is 5.69 Å². The molecule has 0 unspecified atom stereocenters. The Morgan fingerprint density at radius 1 is 1.00 bits per heavy atom. The Bertz CT molecular complexity index is 770. The molecular formula is C15H8Br2FNS. The second-order valence-electron chi connectivity index (χ2n) is 4.14. The molecule has 0 bridgehead atoms. The summed E-state index contributed by atoms with van der Waals surface area (Å²) in [6.45, 7) is 0. The van der Waals surface area contributed by atoms with Crippen molar-refractivity contribution in [3.8, 4) is 21.8 Å². The molecule has 0 saturated carbocycles. The van der Waals surface area contributed by atoms with E-state index in [9.17, 15) is 4.39 Å². The Hall–Kier alpha value is -1.04. The van der Waals surface area contributed by atoms with Crippen LogP contribution in [0.1, 0.15) is 0 Å². The van der Waals surface area contributed by atoms with Crippen molar-refractivity contribution in [1.82, 2.24) is 4.98 Å². The summed E-state index contributed by atoms with van der Waals surface area (Å²) in [5, 5.41) is 2.74. The second kappa shape index (κ2) is 5.76. The summed E-state index contributed by atoms with van der Waals surface area (Å²) in [4.78, 5) is 4.54. The van der Waals surface area contributed by atoms with E-state index in [1.54, 1.807) is 12.1 Å². The quantitative estimate of drug-likeness (QED) is 0.492. The van der Waals surface area contributed by atoms with Crippen molar-refractivity contribution in [3.63, 3.8) is 0 Å². The summed E-state index contributed by atoms with van der Waals surface area (Å²) >= 11 is 8.37. The van der Waals surface area contributed by atoms with E-state index in [0.29, 0.717) is 11.3 Å². The van der Waals surface area contributed by atoms with Crippen LogP contribution >= 0.6 is 43.2 Å². The molecule has 0 fully saturated rings. The van der Waals surface area contributed by atoms with Crippen LogP contribution in [0.2, 0.25) is 0 Å². The van der Waals surface area contributed by atoms with Crippen molar-refractivity contribution >= 4 is 43.2 Å². The van der Waals surface area contributed by atoms with Gasteiger partial charge in [0.1, 0.15) is 10.8 Å². The Labute approximate surface area is 136 Å². The third-order valence-corrected chi connectivity index (χ3v) is 4.87. The minimum absolute atomic E-state index is 0.267. The largest absolute Gasteiger partial charge is 0.236 e. The zero-order chi connectivity index (χ0) is 14.1. The van der Waals surface area contributed by atoms with E-state index in [4.69, 9.17) is 0 Å². The first-order valence-electron chi connectivity index (χ1n) is 5.81. The molecule has 2 aromatic carbocycles. The van der Waals surface area contributed by atoms with E-state index in [1.807, 2.05) is 29.6 Å². The van der Waals surface area contributed by atoms with Crippen molar-refractivity contribution in [2.45, 2.75) is 0 Å². The van der Waals surface area contributed by atoms with Gasteiger partial charge < -0.3 is 0 Å². The molecule has 0 amide bonds. The maximum atomic E-state index is 13.9. The first-order valence-corrected chi connectivity index (χ1v) is 8.27. The SMILES string of the molecule is Fc1ccc(Br)cc1-c1csc(-c2ccccc2Br)n1. The van der Waals surface area contributed by atoms with E-state index in [-0.39, 0.29) is 5.82 Å². The van der Waals surface area contributed by atoms with E-state index in [1.165, 1.54) is 17.4 Å². The lowest BCUT2D eigenvalue weighted by molar-refractivity contribution is 0.630. The van der Waals surface area contributed by atoms with Gasteiger partial charge in [0, 0.05) is 25.5 Å². The lowest BCUT2D eigenvalue weighted by Crippen LogP contribution is -1.85. The van der Waals surface area contributed by atoms with Crippen LogP contribution in [-0.4, -0.2) is 4.98 Å².